The van der Waals surface area contributed by atoms with Gasteiger partial charge in [0.25, 0.3) is 0 Å². The van der Waals surface area contributed by atoms with Crippen LogP contribution in [-0.4, -0.2) is 69.7 Å². The summed E-state index contributed by atoms with van der Waals surface area (Å²) in [6, 6.07) is 1.42. The topological polar surface area (TPSA) is 214 Å². The number of hydrogen-bond donors (Lipinski definition) is 8. The number of rotatable bonds is 15. The summed E-state index contributed by atoms with van der Waals surface area (Å²) in [5, 5.41) is 26.4. The lowest BCUT2D eigenvalue weighted by Gasteiger charge is -2.26. The fourth-order valence-corrected chi connectivity index (χ4v) is 3.40. The van der Waals surface area contributed by atoms with Gasteiger partial charge < -0.3 is 37.6 Å². The van der Waals surface area contributed by atoms with Gasteiger partial charge in [-0.15, -0.1) is 0 Å². The number of aliphatic carboxylic acids is 1. The van der Waals surface area contributed by atoms with E-state index in [1.54, 1.807) is 12.1 Å². The molecule has 1 aromatic carbocycles. The Morgan fingerprint density at radius 2 is 1.44 bits per heavy atom. The molecule has 1 rings (SSSR count). The number of benzene rings is 1. The van der Waals surface area contributed by atoms with E-state index in [4.69, 9.17) is 11.5 Å². The van der Waals surface area contributed by atoms with Crippen LogP contribution in [0, 0.1) is 5.92 Å². The number of phenolic OH excluding ortho intramolecular Hbond substituents is 1. The second-order valence-electron chi connectivity index (χ2n) is 8.82. The molecule has 0 fully saturated rings. The lowest BCUT2D eigenvalue weighted by Crippen LogP contribution is -2.58. The number of nitrogens with one attached hydrogen (secondary N) is 3. The molecule has 200 valence electrons. The van der Waals surface area contributed by atoms with Crippen molar-refractivity contribution in [1.82, 2.24) is 16.0 Å². The zero-order valence-electron chi connectivity index (χ0n) is 20.3. The van der Waals surface area contributed by atoms with Gasteiger partial charge in [0.15, 0.2) is 0 Å². The van der Waals surface area contributed by atoms with Crippen LogP contribution in [0.25, 0.3) is 0 Å². The molecule has 36 heavy (non-hydrogen) atoms. The predicted molar refractivity (Wildman–Crippen MR) is 135 cm³/mol. The lowest BCUT2D eigenvalue weighted by atomic mass is 10.00. The average molecular weight is 526 g/mol. The fourth-order valence-electron chi connectivity index (χ4n) is 3.23. The first-order chi connectivity index (χ1) is 16.8. The van der Waals surface area contributed by atoms with Crippen LogP contribution in [-0.2, 0) is 30.4 Å². The number of hydrogen-bond acceptors (Lipinski definition) is 8. The molecule has 0 aliphatic heterocycles. The molecule has 0 aliphatic carbocycles. The highest BCUT2D eigenvalue weighted by atomic mass is 32.1. The van der Waals surface area contributed by atoms with Gasteiger partial charge >= 0.3 is 5.97 Å². The van der Waals surface area contributed by atoms with E-state index < -0.39 is 53.8 Å². The molecule has 1 aromatic rings. The molecular weight excluding hydrogens is 490 g/mol. The van der Waals surface area contributed by atoms with Gasteiger partial charge in [-0.2, -0.15) is 12.6 Å². The van der Waals surface area contributed by atoms with Crippen molar-refractivity contribution in [2.75, 3.05) is 5.75 Å². The zero-order chi connectivity index (χ0) is 27.4. The summed E-state index contributed by atoms with van der Waals surface area (Å²) in [4.78, 5) is 61.1. The van der Waals surface area contributed by atoms with Gasteiger partial charge in [0.1, 0.15) is 23.9 Å². The largest absolute Gasteiger partial charge is 0.508 e. The van der Waals surface area contributed by atoms with E-state index in [0.29, 0.717) is 5.56 Å². The van der Waals surface area contributed by atoms with Gasteiger partial charge in [-0.3, -0.25) is 19.2 Å². The van der Waals surface area contributed by atoms with Crippen LogP contribution in [0.1, 0.15) is 38.7 Å². The third-order valence-electron chi connectivity index (χ3n) is 5.18. The monoisotopic (exact) mass is 525 g/mol. The number of carboxylic acid groups (broad SMARTS) is 1. The normalized spacial score (nSPS) is 14.2. The van der Waals surface area contributed by atoms with E-state index >= 15 is 0 Å². The smallest absolute Gasteiger partial charge is 0.326 e. The van der Waals surface area contributed by atoms with Gasteiger partial charge in [0.2, 0.25) is 23.6 Å². The molecule has 12 nitrogen and oxygen atoms in total. The minimum Gasteiger partial charge on any atom is -0.508 e. The molecule has 4 unspecified atom stereocenters. The Bertz CT molecular complexity index is 926. The Kier molecular flexibility index (Phi) is 12.7. The van der Waals surface area contributed by atoms with Crippen molar-refractivity contribution >= 4 is 42.2 Å². The number of nitrogens with two attached hydrogens (primary N) is 2. The Balaban J connectivity index is 3.10. The van der Waals surface area contributed by atoms with Gasteiger partial charge in [0.05, 0.1) is 6.04 Å². The van der Waals surface area contributed by atoms with Crippen molar-refractivity contribution in [2.45, 2.75) is 63.7 Å². The predicted octanol–water partition coefficient (Wildman–Crippen LogP) is -0.958. The number of primary amides is 1. The van der Waals surface area contributed by atoms with Crippen LogP contribution in [0.4, 0.5) is 0 Å². The first-order valence-electron chi connectivity index (χ1n) is 11.4. The quantitative estimate of drug-likeness (QED) is 0.133. The van der Waals surface area contributed by atoms with Crippen molar-refractivity contribution in [3.05, 3.63) is 29.8 Å². The third-order valence-corrected chi connectivity index (χ3v) is 5.57. The van der Waals surface area contributed by atoms with Crippen LogP contribution in [0.3, 0.4) is 0 Å². The summed E-state index contributed by atoms with van der Waals surface area (Å²) in [6.45, 7) is 3.63. The summed E-state index contributed by atoms with van der Waals surface area (Å²) in [5.74, 6) is -4.11. The molecule has 0 saturated carbocycles. The van der Waals surface area contributed by atoms with Crippen LogP contribution in [0.5, 0.6) is 5.75 Å². The minimum absolute atomic E-state index is 0.0267. The molecule has 4 atom stereocenters. The highest BCUT2D eigenvalue weighted by molar-refractivity contribution is 7.80. The van der Waals surface area contributed by atoms with Crippen LogP contribution in [0.15, 0.2) is 24.3 Å². The molecule has 0 bridgehead atoms. The van der Waals surface area contributed by atoms with Gasteiger partial charge in [-0.25, -0.2) is 4.79 Å². The van der Waals surface area contributed by atoms with Crippen LogP contribution >= 0.6 is 12.6 Å². The Hall–Kier alpha value is -3.32. The first kappa shape index (κ1) is 30.7. The van der Waals surface area contributed by atoms with Crippen molar-refractivity contribution in [1.29, 1.82) is 0 Å². The van der Waals surface area contributed by atoms with E-state index in [9.17, 15) is 34.2 Å². The molecule has 0 radical (unpaired) electrons. The van der Waals surface area contributed by atoms with Gasteiger partial charge in [-0.05, 0) is 36.5 Å². The third kappa shape index (κ3) is 11.0. The summed E-state index contributed by atoms with van der Waals surface area (Å²) in [6.07, 6.45) is -0.246. The number of phenols is 1. The molecule has 0 spiro atoms. The van der Waals surface area contributed by atoms with E-state index in [0.717, 1.165) is 0 Å². The van der Waals surface area contributed by atoms with Gasteiger partial charge in [-0.1, -0.05) is 26.0 Å². The summed E-state index contributed by atoms with van der Waals surface area (Å²) in [5.41, 5.74) is 11.4. The van der Waals surface area contributed by atoms with E-state index in [-0.39, 0.29) is 43.1 Å². The number of aromatic hydroxyl groups is 1. The molecular formula is C23H35N5O7S. The van der Waals surface area contributed by atoms with Crippen molar-refractivity contribution in [3.63, 3.8) is 0 Å². The van der Waals surface area contributed by atoms with E-state index in [2.05, 4.69) is 28.6 Å². The minimum atomic E-state index is -1.38. The summed E-state index contributed by atoms with van der Waals surface area (Å²) in [7, 11) is 0. The molecule has 0 aromatic heterocycles. The van der Waals surface area contributed by atoms with Crippen molar-refractivity contribution in [2.24, 2.45) is 17.4 Å². The fraction of sp³-hybridized carbons (Fsp3) is 0.522. The number of thiol groups is 1. The molecule has 4 amide bonds. The van der Waals surface area contributed by atoms with Crippen LogP contribution in [0.2, 0.25) is 0 Å². The average Bonchev–Trinajstić information content (AvgIpc) is 2.80. The molecule has 0 aliphatic rings. The highest BCUT2D eigenvalue weighted by Crippen LogP contribution is 2.13. The number of carbonyl (C=O) groups is 5. The van der Waals surface area contributed by atoms with Crippen molar-refractivity contribution in [3.8, 4) is 5.75 Å². The summed E-state index contributed by atoms with van der Waals surface area (Å²) >= 11 is 3.99. The van der Waals surface area contributed by atoms with Gasteiger partial charge in [0, 0.05) is 18.6 Å². The number of carbonyl (C=O) groups excluding carboxylic acids is 4. The summed E-state index contributed by atoms with van der Waals surface area (Å²) < 4.78 is 0. The first-order valence-corrected chi connectivity index (χ1v) is 12.0. The van der Waals surface area contributed by atoms with Crippen LogP contribution < -0.4 is 27.4 Å². The molecule has 13 heteroatoms. The maximum Gasteiger partial charge on any atom is 0.326 e. The maximum atomic E-state index is 13.2. The second-order valence-corrected chi connectivity index (χ2v) is 9.18. The lowest BCUT2D eigenvalue weighted by molar-refractivity contribution is -0.142. The molecule has 0 saturated heterocycles. The number of amides is 4. The second kappa shape index (κ2) is 14.9. The standard InChI is InChI=1S/C23H35N5O7S/c1-12(2)9-17(21(32)26-16(23(34)35)7-8-19(25)30)28-22(33)18(27-20(31)15(24)11-36)10-13-3-5-14(29)6-4-13/h3-6,12,15-18,29,36H,7-11,24H2,1-2H3,(H2,25,30)(H,26,32)(H,27,31)(H,28,33)(H,34,35). The highest BCUT2D eigenvalue weighted by Gasteiger charge is 2.31. The number of carboxylic acids is 1. The van der Waals surface area contributed by atoms with Crippen molar-refractivity contribution < 1.29 is 34.2 Å². The Labute approximate surface area is 215 Å². The Morgan fingerprint density at radius 3 is 1.94 bits per heavy atom. The Morgan fingerprint density at radius 1 is 0.917 bits per heavy atom. The zero-order valence-corrected chi connectivity index (χ0v) is 21.2. The SMILES string of the molecule is CC(C)CC(NC(=O)C(Cc1ccc(O)cc1)NC(=O)C(N)CS)C(=O)NC(CCC(N)=O)C(=O)O. The molecule has 9 N–H and O–H groups in total. The van der Waals surface area contributed by atoms with E-state index in [1.165, 1.54) is 12.1 Å². The maximum absolute atomic E-state index is 13.2. The molecule has 0 heterocycles. The van der Waals surface area contributed by atoms with E-state index in [1.807, 2.05) is 13.8 Å².